The van der Waals surface area contributed by atoms with Gasteiger partial charge in [0.2, 0.25) is 0 Å². The van der Waals surface area contributed by atoms with Crippen LogP contribution in [0.25, 0.3) is 6.08 Å². The third-order valence-corrected chi connectivity index (χ3v) is 5.67. The van der Waals surface area contributed by atoms with Crippen molar-refractivity contribution in [3.05, 3.63) is 98.4 Å². The molecule has 0 saturated heterocycles. The van der Waals surface area contributed by atoms with Crippen molar-refractivity contribution in [1.29, 1.82) is 5.26 Å². The Kier molecular flexibility index (Phi) is 8.44. The summed E-state index contributed by atoms with van der Waals surface area (Å²) in [4.78, 5) is 12.7. The molecule has 168 valence electrons. The first-order valence-corrected chi connectivity index (χ1v) is 11.2. The quantitative estimate of drug-likeness (QED) is 0.216. The highest BCUT2D eigenvalue weighted by Gasteiger charge is 2.16. The zero-order chi connectivity index (χ0) is 23.8. The van der Waals surface area contributed by atoms with Gasteiger partial charge in [-0.3, -0.25) is 4.79 Å². The van der Waals surface area contributed by atoms with Crippen molar-refractivity contribution < 1.29 is 18.7 Å². The van der Waals surface area contributed by atoms with E-state index < -0.39 is 5.91 Å². The molecule has 0 aliphatic carbocycles. The van der Waals surface area contributed by atoms with Gasteiger partial charge in [0.25, 0.3) is 5.91 Å². The average Bonchev–Trinajstić information content (AvgIpc) is 2.83. The zero-order valence-electron chi connectivity index (χ0n) is 18.1. The van der Waals surface area contributed by atoms with Gasteiger partial charge < -0.3 is 14.8 Å². The number of benzene rings is 3. The van der Waals surface area contributed by atoms with Crippen LogP contribution >= 0.6 is 22.6 Å². The predicted molar refractivity (Wildman–Crippen MR) is 133 cm³/mol. The summed E-state index contributed by atoms with van der Waals surface area (Å²) in [7, 11) is 1.52. The number of nitrogens with zero attached hydrogens (tertiary/aromatic N) is 1. The Morgan fingerprint density at radius 3 is 2.52 bits per heavy atom. The Balaban J connectivity index is 1.78. The second kappa shape index (κ2) is 11.5. The van der Waals surface area contributed by atoms with E-state index in [4.69, 9.17) is 9.47 Å². The molecule has 0 aliphatic rings. The van der Waals surface area contributed by atoms with Crippen LogP contribution in [0.2, 0.25) is 0 Å². The fourth-order valence-corrected chi connectivity index (χ4v) is 3.90. The molecule has 0 aromatic heterocycles. The molecular formula is C26H22FIN2O3. The van der Waals surface area contributed by atoms with Crippen molar-refractivity contribution >= 4 is 34.6 Å². The average molecular weight is 556 g/mol. The summed E-state index contributed by atoms with van der Waals surface area (Å²) >= 11 is 2.11. The molecule has 1 amide bonds. The number of ether oxygens (including phenoxy) is 2. The van der Waals surface area contributed by atoms with Crippen LogP contribution in [0.3, 0.4) is 0 Å². The SMILES string of the molecule is COc1cc(/C=C(/C#N)C(=O)N[C@H](C)c2ccccc2)cc(I)c1OCc1ccc(F)cc1. The number of nitriles is 1. The number of hydrogen-bond acceptors (Lipinski definition) is 4. The van der Waals surface area contributed by atoms with Crippen LogP contribution in [0.5, 0.6) is 11.5 Å². The number of rotatable bonds is 8. The second-order valence-electron chi connectivity index (χ2n) is 7.22. The number of halogens is 2. The van der Waals surface area contributed by atoms with Crippen molar-refractivity contribution in [3.8, 4) is 17.6 Å². The van der Waals surface area contributed by atoms with Gasteiger partial charge in [0, 0.05) is 0 Å². The number of carbonyl (C=O) groups excluding carboxylic acids is 1. The van der Waals surface area contributed by atoms with Crippen LogP contribution in [0.15, 0.2) is 72.3 Å². The van der Waals surface area contributed by atoms with Gasteiger partial charge in [-0.15, -0.1) is 0 Å². The van der Waals surface area contributed by atoms with Gasteiger partial charge in [0.1, 0.15) is 24.1 Å². The first kappa shape index (κ1) is 24.3. The molecule has 3 rings (SSSR count). The van der Waals surface area contributed by atoms with Gasteiger partial charge in [0.15, 0.2) is 11.5 Å². The lowest BCUT2D eigenvalue weighted by atomic mass is 10.1. The molecule has 5 nitrogen and oxygen atoms in total. The lowest BCUT2D eigenvalue weighted by molar-refractivity contribution is -0.117. The number of carbonyl (C=O) groups is 1. The molecule has 3 aromatic rings. The topological polar surface area (TPSA) is 71.3 Å². The minimum absolute atomic E-state index is 0.0179. The van der Waals surface area contributed by atoms with Crippen LogP contribution in [-0.4, -0.2) is 13.0 Å². The summed E-state index contributed by atoms with van der Waals surface area (Å²) in [6, 6.07) is 20.8. The molecule has 0 spiro atoms. The molecule has 0 aliphatic heterocycles. The monoisotopic (exact) mass is 556 g/mol. The van der Waals surface area contributed by atoms with Crippen molar-refractivity contribution in [3.63, 3.8) is 0 Å². The van der Waals surface area contributed by atoms with E-state index in [1.807, 2.05) is 43.3 Å². The van der Waals surface area contributed by atoms with Gasteiger partial charge in [-0.25, -0.2) is 4.39 Å². The second-order valence-corrected chi connectivity index (χ2v) is 8.39. The standard InChI is InChI=1S/C26H22FIN2O3/c1-17(20-6-4-3-5-7-20)30-26(31)21(15-29)12-19-13-23(28)25(24(14-19)32-2)33-16-18-8-10-22(27)11-9-18/h3-14,17H,16H2,1-2H3,(H,30,31)/b21-12-/t17-/m1/s1. The molecule has 1 atom stereocenters. The number of nitrogens with one attached hydrogen (secondary N) is 1. The molecule has 0 heterocycles. The van der Waals surface area contributed by atoms with Crippen molar-refractivity contribution in [2.75, 3.05) is 7.11 Å². The third-order valence-electron chi connectivity index (χ3n) is 4.87. The van der Waals surface area contributed by atoms with E-state index in [0.717, 1.165) is 14.7 Å². The first-order valence-electron chi connectivity index (χ1n) is 10.1. The summed E-state index contributed by atoms with van der Waals surface area (Å²) in [5.74, 6) is 0.225. The fraction of sp³-hybridized carbons (Fsp3) is 0.154. The highest BCUT2D eigenvalue weighted by atomic mass is 127. The summed E-state index contributed by atoms with van der Waals surface area (Å²) in [6.07, 6.45) is 1.52. The Morgan fingerprint density at radius 2 is 1.88 bits per heavy atom. The smallest absolute Gasteiger partial charge is 0.262 e. The largest absolute Gasteiger partial charge is 0.493 e. The van der Waals surface area contributed by atoms with Crippen molar-refractivity contribution in [2.45, 2.75) is 19.6 Å². The zero-order valence-corrected chi connectivity index (χ0v) is 20.3. The maximum absolute atomic E-state index is 13.1. The highest BCUT2D eigenvalue weighted by Crippen LogP contribution is 2.35. The Morgan fingerprint density at radius 1 is 1.18 bits per heavy atom. The van der Waals surface area contributed by atoms with E-state index in [9.17, 15) is 14.4 Å². The lowest BCUT2D eigenvalue weighted by Crippen LogP contribution is -2.27. The highest BCUT2D eigenvalue weighted by molar-refractivity contribution is 14.1. The van der Waals surface area contributed by atoms with Crippen molar-refractivity contribution in [2.24, 2.45) is 0 Å². The van der Waals surface area contributed by atoms with E-state index in [-0.39, 0.29) is 24.0 Å². The number of methoxy groups -OCH3 is 1. The van der Waals surface area contributed by atoms with Crippen LogP contribution < -0.4 is 14.8 Å². The molecule has 0 saturated carbocycles. The lowest BCUT2D eigenvalue weighted by Gasteiger charge is -2.15. The summed E-state index contributed by atoms with van der Waals surface area (Å²) in [5.41, 5.74) is 2.37. The van der Waals surface area contributed by atoms with Crippen molar-refractivity contribution in [1.82, 2.24) is 5.32 Å². The fourth-order valence-electron chi connectivity index (χ4n) is 3.11. The number of amides is 1. The van der Waals surface area contributed by atoms with E-state index >= 15 is 0 Å². The van der Waals surface area contributed by atoms with E-state index in [2.05, 4.69) is 27.9 Å². The Bertz CT molecular complexity index is 1190. The number of hydrogen-bond donors (Lipinski definition) is 1. The minimum Gasteiger partial charge on any atom is -0.493 e. The van der Waals surface area contributed by atoms with Crippen LogP contribution in [0.4, 0.5) is 4.39 Å². The summed E-state index contributed by atoms with van der Waals surface area (Å²) in [5, 5.41) is 12.4. The predicted octanol–water partition coefficient (Wildman–Crippen LogP) is 5.80. The van der Waals surface area contributed by atoms with Crippen LogP contribution in [-0.2, 0) is 11.4 Å². The van der Waals surface area contributed by atoms with Gasteiger partial charge in [-0.05, 0) is 76.5 Å². The molecule has 0 fully saturated rings. The van der Waals surface area contributed by atoms with Gasteiger partial charge in [-0.2, -0.15) is 5.26 Å². The normalized spacial score (nSPS) is 11.9. The molecule has 0 unspecified atom stereocenters. The maximum atomic E-state index is 13.1. The summed E-state index contributed by atoms with van der Waals surface area (Å²) < 4.78 is 25.2. The minimum atomic E-state index is -0.459. The van der Waals surface area contributed by atoms with E-state index in [1.54, 1.807) is 24.3 Å². The van der Waals surface area contributed by atoms with E-state index in [1.165, 1.54) is 25.3 Å². The Labute approximate surface area is 206 Å². The Hall–Kier alpha value is -3.38. The summed E-state index contributed by atoms with van der Waals surface area (Å²) in [6.45, 7) is 2.10. The molecule has 3 aromatic carbocycles. The third kappa shape index (κ3) is 6.56. The molecule has 0 bridgehead atoms. The van der Waals surface area contributed by atoms with Crippen LogP contribution in [0, 0.1) is 20.7 Å². The molecule has 7 heteroatoms. The molecule has 0 radical (unpaired) electrons. The van der Waals surface area contributed by atoms with Gasteiger partial charge in [-0.1, -0.05) is 42.5 Å². The molecule has 1 N–H and O–H groups in total. The van der Waals surface area contributed by atoms with E-state index in [0.29, 0.717) is 17.1 Å². The van der Waals surface area contributed by atoms with Crippen LogP contribution in [0.1, 0.15) is 29.7 Å². The first-order chi connectivity index (χ1) is 15.9. The maximum Gasteiger partial charge on any atom is 0.262 e. The van der Waals surface area contributed by atoms with Gasteiger partial charge in [0.05, 0.1) is 16.7 Å². The molecular weight excluding hydrogens is 534 g/mol. The van der Waals surface area contributed by atoms with Gasteiger partial charge >= 0.3 is 0 Å². The molecule has 33 heavy (non-hydrogen) atoms.